The number of fused-ring (bicyclic) bond motifs is 1. The van der Waals surface area contributed by atoms with Gasteiger partial charge >= 0.3 is 0 Å². The molecule has 4 nitrogen and oxygen atoms in total. The third-order valence-corrected chi connectivity index (χ3v) is 3.60. The SMILES string of the molecule is Brc1cc2c(cc1[C@@H]1CNCCN1)OCO2. The van der Waals surface area contributed by atoms with Gasteiger partial charge in [0.2, 0.25) is 6.79 Å². The Hall–Kier alpha value is -0.780. The van der Waals surface area contributed by atoms with Crippen LogP contribution in [0.15, 0.2) is 16.6 Å². The molecule has 0 spiro atoms. The number of piperazine rings is 1. The normalized spacial score (nSPS) is 23.4. The van der Waals surface area contributed by atoms with Gasteiger partial charge in [0, 0.05) is 30.1 Å². The molecule has 0 unspecified atom stereocenters. The minimum atomic E-state index is 0.321. The van der Waals surface area contributed by atoms with Crippen molar-refractivity contribution in [2.24, 2.45) is 0 Å². The van der Waals surface area contributed by atoms with Crippen LogP contribution in [0.25, 0.3) is 0 Å². The van der Waals surface area contributed by atoms with Gasteiger partial charge < -0.3 is 20.1 Å². The molecule has 1 saturated heterocycles. The molecule has 0 radical (unpaired) electrons. The first-order valence-corrected chi connectivity index (χ1v) is 6.17. The lowest BCUT2D eigenvalue weighted by molar-refractivity contribution is 0.174. The summed E-state index contributed by atoms with van der Waals surface area (Å²) in [5.41, 5.74) is 1.22. The third-order valence-electron chi connectivity index (χ3n) is 2.91. The first-order chi connectivity index (χ1) is 7.84. The van der Waals surface area contributed by atoms with Crippen molar-refractivity contribution in [3.8, 4) is 11.5 Å². The molecule has 5 heteroatoms. The molecule has 1 aromatic rings. The lowest BCUT2D eigenvalue weighted by Gasteiger charge is -2.25. The Labute approximate surface area is 102 Å². The molecule has 2 heterocycles. The largest absolute Gasteiger partial charge is 0.454 e. The van der Waals surface area contributed by atoms with Gasteiger partial charge in [-0.1, -0.05) is 15.9 Å². The second-order valence-electron chi connectivity index (χ2n) is 3.94. The quantitative estimate of drug-likeness (QED) is 0.819. The summed E-state index contributed by atoms with van der Waals surface area (Å²) in [6.07, 6.45) is 0. The van der Waals surface area contributed by atoms with E-state index in [4.69, 9.17) is 9.47 Å². The Morgan fingerprint density at radius 3 is 2.75 bits per heavy atom. The van der Waals surface area contributed by atoms with Gasteiger partial charge in [0.1, 0.15) is 0 Å². The third kappa shape index (κ3) is 1.79. The zero-order valence-corrected chi connectivity index (χ0v) is 10.3. The molecule has 16 heavy (non-hydrogen) atoms. The van der Waals surface area contributed by atoms with Crippen LogP contribution in [0.3, 0.4) is 0 Å². The molecule has 0 bridgehead atoms. The van der Waals surface area contributed by atoms with Crippen LogP contribution in [0, 0.1) is 0 Å². The van der Waals surface area contributed by atoms with Gasteiger partial charge in [0.15, 0.2) is 11.5 Å². The fourth-order valence-electron chi connectivity index (χ4n) is 2.07. The summed E-state index contributed by atoms with van der Waals surface area (Å²) in [5.74, 6) is 1.66. The van der Waals surface area contributed by atoms with E-state index in [1.54, 1.807) is 0 Å². The number of benzene rings is 1. The van der Waals surface area contributed by atoms with Crippen LogP contribution in [0.5, 0.6) is 11.5 Å². The van der Waals surface area contributed by atoms with Gasteiger partial charge in [0.25, 0.3) is 0 Å². The summed E-state index contributed by atoms with van der Waals surface area (Å²) in [6, 6.07) is 4.36. The molecule has 2 aliphatic heterocycles. The Morgan fingerprint density at radius 2 is 2.00 bits per heavy atom. The molecular weight excluding hydrogens is 272 g/mol. The maximum absolute atomic E-state index is 5.39. The van der Waals surface area contributed by atoms with Crippen molar-refractivity contribution in [1.29, 1.82) is 0 Å². The van der Waals surface area contributed by atoms with Crippen LogP contribution in [-0.4, -0.2) is 26.4 Å². The van der Waals surface area contributed by atoms with E-state index in [1.165, 1.54) is 5.56 Å². The molecule has 1 fully saturated rings. The van der Waals surface area contributed by atoms with Crippen molar-refractivity contribution < 1.29 is 9.47 Å². The van der Waals surface area contributed by atoms with E-state index in [1.807, 2.05) is 6.07 Å². The van der Waals surface area contributed by atoms with Crippen molar-refractivity contribution in [3.05, 3.63) is 22.2 Å². The van der Waals surface area contributed by atoms with E-state index in [0.29, 0.717) is 12.8 Å². The number of halogens is 1. The predicted molar refractivity (Wildman–Crippen MR) is 63.9 cm³/mol. The molecule has 0 saturated carbocycles. The molecule has 2 N–H and O–H groups in total. The lowest BCUT2D eigenvalue weighted by atomic mass is 10.0. The van der Waals surface area contributed by atoms with Crippen LogP contribution in [-0.2, 0) is 0 Å². The summed E-state index contributed by atoms with van der Waals surface area (Å²) >= 11 is 3.58. The lowest BCUT2D eigenvalue weighted by Crippen LogP contribution is -2.42. The van der Waals surface area contributed by atoms with Gasteiger partial charge in [-0.2, -0.15) is 0 Å². The molecule has 0 aromatic heterocycles. The van der Waals surface area contributed by atoms with Crippen LogP contribution in [0.1, 0.15) is 11.6 Å². The maximum atomic E-state index is 5.39. The second-order valence-corrected chi connectivity index (χ2v) is 4.79. The average molecular weight is 285 g/mol. The number of ether oxygens (including phenoxy) is 2. The first-order valence-electron chi connectivity index (χ1n) is 5.38. The zero-order chi connectivity index (χ0) is 11.0. The summed E-state index contributed by atoms with van der Waals surface area (Å²) < 4.78 is 11.8. The second kappa shape index (κ2) is 4.24. The van der Waals surface area contributed by atoms with Gasteiger partial charge in [-0.25, -0.2) is 0 Å². The maximum Gasteiger partial charge on any atom is 0.231 e. The molecule has 86 valence electrons. The Morgan fingerprint density at radius 1 is 1.19 bits per heavy atom. The summed E-state index contributed by atoms with van der Waals surface area (Å²) in [5, 5.41) is 6.85. The van der Waals surface area contributed by atoms with Crippen LogP contribution in [0.4, 0.5) is 0 Å². The Kier molecular flexibility index (Phi) is 2.75. The van der Waals surface area contributed by atoms with Crippen LogP contribution >= 0.6 is 15.9 Å². The fourth-order valence-corrected chi connectivity index (χ4v) is 2.67. The molecule has 1 aromatic carbocycles. The van der Waals surface area contributed by atoms with E-state index < -0.39 is 0 Å². The van der Waals surface area contributed by atoms with Crippen molar-refractivity contribution in [3.63, 3.8) is 0 Å². The van der Waals surface area contributed by atoms with Gasteiger partial charge in [-0.05, 0) is 17.7 Å². The van der Waals surface area contributed by atoms with E-state index in [9.17, 15) is 0 Å². The molecule has 0 aliphatic carbocycles. The molecule has 1 atom stereocenters. The number of rotatable bonds is 1. The minimum Gasteiger partial charge on any atom is -0.454 e. The molecular formula is C11H13BrN2O2. The predicted octanol–water partition coefficient (Wildman–Crippen LogP) is 1.41. The van der Waals surface area contributed by atoms with Gasteiger partial charge in [-0.15, -0.1) is 0 Å². The Bertz CT molecular complexity index is 405. The molecule has 2 aliphatic rings. The van der Waals surface area contributed by atoms with E-state index in [2.05, 4.69) is 32.6 Å². The first kappa shape index (κ1) is 10.4. The fraction of sp³-hybridized carbons (Fsp3) is 0.455. The van der Waals surface area contributed by atoms with E-state index in [-0.39, 0.29) is 0 Å². The summed E-state index contributed by atoms with van der Waals surface area (Å²) in [6.45, 7) is 3.28. The minimum absolute atomic E-state index is 0.321. The zero-order valence-electron chi connectivity index (χ0n) is 8.75. The average Bonchev–Trinajstić information content (AvgIpc) is 2.76. The highest BCUT2D eigenvalue weighted by Crippen LogP contribution is 2.39. The monoisotopic (exact) mass is 284 g/mol. The highest BCUT2D eigenvalue weighted by Gasteiger charge is 2.22. The highest BCUT2D eigenvalue weighted by atomic mass is 79.9. The van der Waals surface area contributed by atoms with Gasteiger partial charge in [0.05, 0.1) is 0 Å². The smallest absolute Gasteiger partial charge is 0.231 e. The van der Waals surface area contributed by atoms with E-state index >= 15 is 0 Å². The molecule has 0 amide bonds. The topological polar surface area (TPSA) is 42.5 Å². The highest BCUT2D eigenvalue weighted by molar-refractivity contribution is 9.10. The van der Waals surface area contributed by atoms with Crippen molar-refractivity contribution >= 4 is 15.9 Å². The van der Waals surface area contributed by atoms with Gasteiger partial charge in [-0.3, -0.25) is 0 Å². The van der Waals surface area contributed by atoms with Crippen molar-refractivity contribution in [1.82, 2.24) is 10.6 Å². The number of nitrogens with one attached hydrogen (secondary N) is 2. The Balaban J connectivity index is 1.94. The van der Waals surface area contributed by atoms with Crippen molar-refractivity contribution in [2.45, 2.75) is 6.04 Å². The molecule has 3 rings (SSSR count). The summed E-state index contributed by atoms with van der Waals surface area (Å²) in [7, 11) is 0. The van der Waals surface area contributed by atoms with E-state index in [0.717, 1.165) is 35.6 Å². The number of hydrogen-bond acceptors (Lipinski definition) is 4. The van der Waals surface area contributed by atoms with Crippen molar-refractivity contribution in [2.75, 3.05) is 26.4 Å². The standard InChI is InChI=1S/C11H13BrN2O2/c12-8-4-11-10(15-6-16-11)3-7(8)9-5-13-1-2-14-9/h3-4,9,13-14H,1-2,5-6H2/t9-/m0/s1. The summed E-state index contributed by atoms with van der Waals surface area (Å²) in [4.78, 5) is 0. The van der Waals surface area contributed by atoms with Crippen LogP contribution < -0.4 is 20.1 Å². The van der Waals surface area contributed by atoms with Crippen LogP contribution in [0.2, 0.25) is 0 Å². The number of hydrogen-bond donors (Lipinski definition) is 2.